The molecule has 1 aromatic carbocycles. The summed E-state index contributed by atoms with van der Waals surface area (Å²) in [5, 5.41) is 11.7. The average molecular weight is 268 g/mol. The Morgan fingerprint density at radius 3 is 2.71 bits per heavy atom. The van der Waals surface area contributed by atoms with Crippen LogP contribution in [0.15, 0.2) is 24.3 Å². The van der Waals surface area contributed by atoms with Crippen molar-refractivity contribution in [1.29, 1.82) is 0 Å². The van der Waals surface area contributed by atoms with Crippen LogP contribution in [0, 0.1) is 6.92 Å². The Hall–Kier alpha value is -1.46. The van der Waals surface area contributed by atoms with E-state index in [4.69, 9.17) is 11.6 Å². The van der Waals surface area contributed by atoms with E-state index in [-0.39, 0.29) is 11.8 Å². The van der Waals surface area contributed by atoms with E-state index in [0.29, 0.717) is 5.13 Å². The Bertz CT molecular complexity index is 524. The van der Waals surface area contributed by atoms with Crippen molar-refractivity contribution in [3.05, 3.63) is 29.8 Å². The number of amides is 1. The third kappa shape index (κ3) is 3.01. The van der Waals surface area contributed by atoms with Crippen LogP contribution in [0.25, 0.3) is 10.6 Å². The van der Waals surface area contributed by atoms with Crippen molar-refractivity contribution in [2.75, 3.05) is 11.2 Å². The van der Waals surface area contributed by atoms with E-state index < -0.39 is 0 Å². The number of carbonyl (C=O) groups is 1. The molecule has 0 aliphatic rings. The molecule has 0 saturated heterocycles. The van der Waals surface area contributed by atoms with Crippen LogP contribution in [-0.2, 0) is 4.79 Å². The van der Waals surface area contributed by atoms with Crippen molar-refractivity contribution in [1.82, 2.24) is 10.2 Å². The van der Waals surface area contributed by atoms with Crippen LogP contribution in [0.1, 0.15) is 5.56 Å². The molecule has 0 radical (unpaired) electrons. The van der Waals surface area contributed by atoms with Crippen LogP contribution >= 0.6 is 22.9 Å². The summed E-state index contributed by atoms with van der Waals surface area (Å²) in [6, 6.07) is 7.97. The molecule has 2 rings (SSSR count). The molecule has 0 unspecified atom stereocenters. The smallest absolute Gasteiger partial charge is 0.241 e. The lowest BCUT2D eigenvalue weighted by atomic mass is 10.2. The van der Waals surface area contributed by atoms with Crippen LogP contribution in [-0.4, -0.2) is 22.0 Å². The fraction of sp³-hybridized carbons (Fsp3) is 0.182. The third-order valence-corrected chi connectivity index (χ3v) is 3.22. The van der Waals surface area contributed by atoms with Crippen molar-refractivity contribution in [3.8, 4) is 10.6 Å². The van der Waals surface area contributed by atoms with Gasteiger partial charge in [0.2, 0.25) is 11.0 Å². The van der Waals surface area contributed by atoms with Gasteiger partial charge >= 0.3 is 0 Å². The molecule has 6 heteroatoms. The minimum Gasteiger partial charge on any atom is -0.299 e. The minimum atomic E-state index is -0.279. The van der Waals surface area contributed by atoms with Gasteiger partial charge in [0, 0.05) is 5.56 Å². The summed E-state index contributed by atoms with van der Waals surface area (Å²) in [6.07, 6.45) is 0. The van der Waals surface area contributed by atoms with E-state index in [1.807, 2.05) is 31.2 Å². The Morgan fingerprint density at radius 1 is 1.35 bits per heavy atom. The zero-order valence-corrected chi connectivity index (χ0v) is 10.7. The van der Waals surface area contributed by atoms with Crippen LogP contribution < -0.4 is 5.32 Å². The summed E-state index contributed by atoms with van der Waals surface area (Å²) in [5.41, 5.74) is 2.17. The molecule has 0 bridgehead atoms. The summed E-state index contributed by atoms with van der Waals surface area (Å²) in [4.78, 5) is 11.1. The molecule has 88 valence electrons. The third-order valence-electron chi connectivity index (χ3n) is 2.09. The molecular weight excluding hydrogens is 258 g/mol. The zero-order chi connectivity index (χ0) is 12.3. The topological polar surface area (TPSA) is 54.9 Å². The molecule has 2 aromatic rings. The van der Waals surface area contributed by atoms with E-state index in [9.17, 15) is 4.79 Å². The Kier molecular flexibility index (Phi) is 3.71. The van der Waals surface area contributed by atoms with Gasteiger partial charge in [0.25, 0.3) is 0 Å². The first-order chi connectivity index (χ1) is 8.19. The summed E-state index contributed by atoms with van der Waals surface area (Å²) in [6.45, 7) is 2.02. The van der Waals surface area contributed by atoms with Crippen molar-refractivity contribution in [3.63, 3.8) is 0 Å². The van der Waals surface area contributed by atoms with Crippen molar-refractivity contribution in [2.24, 2.45) is 0 Å². The first kappa shape index (κ1) is 12.0. The van der Waals surface area contributed by atoms with Gasteiger partial charge < -0.3 is 0 Å². The fourth-order valence-electron chi connectivity index (χ4n) is 1.24. The Balaban J connectivity index is 2.18. The van der Waals surface area contributed by atoms with E-state index in [1.165, 1.54) is 16.9 Å². The maximum atomic E-state index is 11.1. The molecule has 0 fully saturated rings. The summed E-state index contributed by atoms with van der Waals surface area (Å²) in [7, 11) is 0. The standard InChI is InChI=1S/C11H10ClN3OS/c1-7-2-4-8(5-3-7)10-14-15-11(17-10)13-9(16)6-12/h2-5H,6H2,1H3,(H,13,15,16). The summed E-state index contributed by atoms with van der Waals surface area (Å²) in [5.74, 6) is -0.363. The molecule has 1 aromatic heterocycles. The molecule has 4 nitrogen and oxygen atoms in total. The molecule has 17 heavy (non-hydrogen) atoms. The Labute approximate surface area is 108 Å². The van der Waals surface area contributed by atoms with Gasteiger partial charge in [-0.1, -0.05) is 41.2 Å². The van der Waals surface area contributed by atoms with Crippen LogP contribution in [0.2, 0.25) is 0 Å². The van der Waals surface area contributed by atoms with Gasteiger partial charge in [0.15, 0.2) is 0 Å². The first-order valence-electron chi connectivity index (χ1n) is 4.95. The van der Waals surface area contributed by atoms with E-state index in [0.717, 1.165) is 10.6 Å². The Morgan fingerprint density at radius 2 is 2.06 bits per heavy atom. The second-order valence-corrected chi connectivity index (χ2v) is 4.70. The van der Waals surface area contributed by atoms with Crippen molar-refractivity contribution < 1.29 is 4.79 Å². The van der Waals surface area contributed by atoms with Crippen molar-refractivity contribution in [2.45, 2.75) is 6.92 Å². The normalized spacial score (nSPS) is 10.2. The van der Waals surface area contributed by atoms with Gasteiger partial charge in [-0.2, -0.15) is 0 Å². The van der Waals surface area contributed by atoms with Gasteiger partial charge in [-0.15, -0.1) is 21.8 Å². The number of nitrogens with one attached hydrogen (secondary N) is 1. The molecule has 0 saturated carbocycles. The first-order valence-corrected chi connectivity index (χ1v) is 6.30. The number of alkyl halides is 1. The molecule has 0 atom stereocenters. The number of nitrogens with zero attached hydrogens (tertiary/aromatic N) is 2. The molecule has 1 amide bonds. The van der Waals surface area contributed by atoms with Crippen LogP contribution in [0.3, 0.4) is 0 Å². The van der Waals surface area contributed by atoms with Crippen molar-refractivity contribution >= 4 is 34.0 Å². The lowest BCUT2D eigenvalue weighted by Gasteiger charge is -1.96. The number of hydrogen-bond donors (Lipinski definition) is 1. The van der Waals surface area contributed by atoms with E-state index in [1.54, 1.807) is 0 Å². The second-order valence-electron chi connectivity index (χ2n) is 3.46. The number of carbonyl (C=O) groups excluding carboxylic acids is 1. The minimum absolute atomic E-state index is 0.0839. The predicted octanol–water partition coefficient (Wildman–Crippen LogP) is 2.69. The predicted molar refractivity (Wildman–Crippen MR) is 69.4 cm³/mol. The lowest BCUT2D eigenvalue weighted by Crippen LogP contribution is -2.12. The van der Waals surface area contributed by atoms with Gasteiger partial charge in [-0.25, -0.2) is 0 Å². The number of hydrogen-bond acceptors (Lipinski definition) is 4. The van der Waals surface area contributed by atoms with E-state index >= 15 is 0 Å². The van der Waals surface area contributed by atoms with Gasteiger partial charge in [0.05, 0.1) is 0 Å². The number of aromatic nitrogens is 2. The van der Waals surface area contributed by atoms with Gasteiger partial charge in [0.1, 0.15) is 10.9 Å². The average Bonchev–Trinajstić information content (AvgIpc) is 2.78. The molecule has 0 aliphatic carbocycles. The summed E-state index contributed by atoms with van der Waals surface area (Å²) < 4.78 is 0. The number of anilines is 1. The lowest BCUT2D eigenvalue weighted by molar-refractivity contribution is -0.113. The quantitative estimate of drug-likeness (QED) is 0.870. The number of aryl methyl sites for hydroxylation is 1. The van der Waals surface area contributed by atoms with Crippen LogP contribution in [0.5, 0.6) is 0 Å². The number of halogens is 1. The maximum Gasteiger partial charge on any atom is 0.241 e. The summed E-state index contributed by atoms with van der Waals surface area (Å²) >= 11 is 6.71. The SMILES string of the molecule is Cc1ccc(-c2nnc(NC(=O)CCl)s2)cc1. The monoisotopic (exact) mass is 267 g/mol. The second kappa shape index (κ2) is 5.25. The maximum absolute atomic E-state index is 11.1. The zero-order valence-electron chi connectivity index (χ0n) is 9.11. The number of rotatable bonds is 3. The highest BCUT2D eigenvalue weighted by Crippen LogP contribution is 2.26. The fourth-order valence-corrected chi connectivity index (χ4v) is 2.07. The van der Waals surface area contributed by atoms with E-state index in [2.05, 4.69) is 15.5 Å². The molecule has 1 heterocycles. The molecule has 0 aliphatic heterocycles. The number of benzene rings is 1. The van der Waals surface area contributed by atoms with Crippen LogP contribution in [0.4, 0.5) is 5.13 Å². The molecular formula is C11H10ClN3OS. The van der Waals surface area contributed by atoms with Gasteiger partial charge in [-0.05, 0) is 6.92 Å². The molecule has 0 spiro atoms. The van der Waals surface area contributed by atoms with Gasteiger partial charge in [-0.3, -0.25) is 10.1 Å². The highest BCUT2D eigenvalue weighted by molar-refractivity contribution is 7.18. The highest BCUT2D eigenvalue weighted by Gasteiger charge is 2.08. The highest BCUT2D eigenvalue weighted by atomic mass is 35.5. The largest absolute Gasteiger partial charge is 0.299 e. The molecule has 1 N–H and O–H groups in total.